The third kappa shape index (κ3) is 4.36. The van der Waals surface area contributed by atoms with Crippen LogP contribution in [0, 0.1) is 0 Å². The van der Waals surface area contributed by atoms with Crippen LogP contribution < -0.4 is 15.2 Å². The Morgan fingerprint density at radius 2 is 2.10 bits per heavy atom. The van der Waals surface area contributed by atoms with E-state index < -0.39 is 15.6 Å². The van der Waals surface area contributed by atoms with Crippen LogP contribution in [0.25, 0.3) is 0 Å². The summed E-state index contributed by atoms with van der Waals surface area (Å²) in [6, 6.07) is 4.22. The van der Waals surface area contributed by atoms with Gasteiger partial charge in [-0.25, -0.2) is 13.1 Å². The Hall–Kier alpha value is -1.31. The van der Waals surface area contributed by atoms with Crippen LogP contribution in [0.15, 0.2) is 23.1 Å². The molecule has 0 saturated carbocycles. The fraction of sp³-hybridized carbons (Fsp3) is 0.538. The number of nitrogens with two attached hydrogens (primary N) is 1. The van der Waals surface area contributed by atoms with E-state index in [1.807, 2.05) is 6.92 Å². The minimum atomic E-state index is -3.71. The monoisotopic (exact) mass is 302 g/mol. The van der Waals surface area contributed by atoms with E-state index in [2.05, 4.69) is 4.72 Å². The van der Waals surface area contributed by atoms with Crippen molar-refractivity contribution in [1.82, 2.24) is 4.72 Å². The van der Waals surface area contributed by atoms with Gasteiger partial charge in [-0.15, -0.1) is 0 Å². The van der Waals surface area contributed by atoms with Gasteiger partial charge in [0.15, 0.2) is 0 Å². The van der Waals surface area contributed by atoms with Gasteiger partial charge < -0.3 is 15.6 Å². The maximum atomic E-state index is 12.1. The largest absolute Gasteiger partial charge is 0.495 e. The first-order valence-electron chi connectivity index (χ1n) is 6.37. The lowest BCUT2D eigenvalue weighted by atomic mass is 10.0. The van der Waals surface area contributed by atoms with Gasteiger partial charge in [-0.3, -0.25) is 0 Å². The average Bonchev–Trinajstić information content (AvgIpc) is 2.37. The summed E-state index contributed by atoms with van der Waals surface area (Å²) in [6.07, 6.45) is 1.28. The summed E-state index contributed by atoms with van der Waals surface area (Å²) in [4.78, 5) is 0.0517. The van der Waals surface area contributed by atoms with E-state index in [9.17, 15) is 13.5 Å². The Morgan fingerprint density at radius 1 is 1.45 bits per heavy atom. The third-order valence-electron chi connectivity index (χ3n) is 2.95. The number of aliphatic hydroxyl groups is 1. The maximum Gasteiger partial charge on any atom is 0.240 e. The van der Waals surface area contributed by atoms with E-state index in [-0.39, 0.29) is 11.4 Å². The van der Waals surface area contributed by atoms with Crippen LogP contribution >= 0.6 is 0 Å². The van der Waals surface area contributed by atoms with Gasteiger partial charge in [0.05, 0.1) is 23.3 Å². The fourth-order valence-corrected chi connectivity index (χ4v) is 3.00. The number of benzene rings is 1. The summed E-state index contributed by atoms with van der Waals surface area (Å²) in [6.45, 7) is 3.48. The summed E-state index contributed by atoms with van der Waals surface area (Å²) in [5.41, 5.74) is 4.94. The Kier molecular flexibility index (Phi) is 5.38. The molecule has 0 radical (unpaired) electrons. The standard InChI is InChI=1S/C13H22N2O4S/c1-4-7-13(2,16)9-15-20(17,18)10-5-6-11(14)12(8-10)19-3/h5-6,8,15-16H,4,7,9,14H2,1-3H3. The van der Waals surface area contributed by atoms with Gasteiger partial charge in [-0.05, 0) is 25.5 Å². The van der Waals surface area contributed by atoms with Crippen LogP contribution in [0.1, 0.15) is 26.7 Å². The number of hydrogen-bond acceptors (Lipinski definition) is 5. The molecule has 0 aliphatic carbocycles. The quantitative estimate of drug-likeness (QED) is 0.655. The van der Waals surface area contributed by atoms with Crippen molar-refractivity contribution in [3.05, 3.63) is 18.2 Å². The number of methoxy groups -OCH3 is 1. The Labute approximate surface area is 120 Å². The molecule has 0 aliphatic heterocycles. The van der Waals surface area contributed by atoms with E-state index in [4.69, 9.17) is 10.5 Å². The highest BCUT2D eigenvalue weighted by molar-refractivity contribution is 7.89. The molecule has 1 rings (SSSR count). The second-order valence-electron chi connectivity index (χ2n) is 4.98. The van der Waals surface area contributed by atoms with E-state index in [0.29, 0.717) is 17.9 Å². The molecule has 6 nitrogen and oxygen atoms in total. The predicted octanol–water partition coefficient (Wildman–Crippen LogP) is 1.11. The van der Waals surface area contributed by atoms with Crippen LogP contribution in [-0.4, -0.2) is 32.8 Å². The van der Waals surface area contributed by atoms with Crippen LogP contribution in [0.3, 0.4) is 0 Å². The molecule has 0 amide bonds. The summed E-state index contributed by atoms with van der Waals surface area (Å²) in [5, 5.41) is 10.00. The zero-order valence-electron chi connectivity index (χ0n) is 12.0. The minimum absolute atomic E-state index is 0.0458. The highest BCUT2D eigenvalue weighted by Gasteiger charge is 2.23. The summed E-state index contributed by atoms with van der Waals surface area (Å²) in [7, 11) is -2.29. The number of nitrogens with one attached hydrogen (secondary N) is 1. The van der Waals surface area contributed by atoms with Crippen molar-refractivity contribution in [2.45, 2.75) is 37.2 Å². The molecule has 0 spiro atoms. The van der Waals surface area contributed by atoms with Gasteiger partial charge in [-0.2, -0.15) is 0 Å². The van der Waals surface area contributed by atoms with Crippen LogP contribution in [0.4, 0.5) is 5.69 Å². The van der Waals surface area contributed by atoms with Crippen molar-refractivity contribution in [3.63, 3.8) is 0 Å². The van der Waals surface area contributed by atoms with Crippen molar-refractivity contribution in [2.75, 3.05) is 19.4 Å². The van der Waals surface area contributed by atoms with Crippen molar-refractivity contribution in [2.24, 2.45) is 0 Å². The maximum absolute atomic E-state index is 12.1. The second kappa shape index (κ2) is 6.43. The normalized spacial score (nSPS) is 14.8. The average molecular weight is 302 g/mol. The zero-order valence-corrected chi connectivity index (χ0v) is 12.8. The molecule has 20 heavy (non-hydrogen) atoms. The lowest BCUT2D eigenvalue weighted by Crippen LogP contribution is -2.40. The molecular weight excluding hydrogens is 280 g/mol. The van der Waals surface area contributed by atoms with Crippen molar-refractivity contribution in [1.29, 1.82) is 0 Å². The zero-order chi connectivity index (χ0) is 15.4. The predicted molar refractivity (Wildman–Crippen MR) is 78.1 cm³/mol. The topological polar surface area (TPSA) is 102 Å². The number of rotatable bonds is 7. The molecule has 1 aromatic carbocycles. The van der Waals surface area contributed by atoms with Gasteiger partial charge >= 0.3 is 0 Å². The molecule has 7 heteroatoms. The highest BCUT2D eigenvalue weighted by Crippen LogP contribution is 2.24. The molecule has 0 aromatic heterocycles. The first-order chi connectivity index (χ1) is 9.22. The Balaban J connectivity index is 2.89. The molecular formula is C13H22N2O4S. The van der Waals surface area contributed by atoms with E-state index in [1.54, 1.807) is 6.92 Å². The first kappa shape index (κ1) is 16.7. The summed E-state index contributed by atoms with van der Waals surface area (Å²) < 4.78 is 31.7. The molecule has 1 unspecified atom stereocenters. The molecule has 0 saturated heterocycles. The molecule has 0 aliphatic rings. The summed E-state index contributed by atoms with van der Waals surface area (Å²) >= 11 is 0. The highest BCUT2D eigenvalue weighted by atomic mass is 32.2. The fourth-order valence-electron chi connectivity index (χ4n) is 1.82. The molecule has 114 valence electrons. The molecule has 1 aromatic rings. The van der Waals surface area contributed by atoms with Crippen molar-refractivity contribution < 1.29 is 18.3 Å². The molecule has 0 heterocycles. The number of hydrogen-bond donors (Lipinski definition) is 3. The van der Waals surface area contributed by atoms with Gasteiger partial charge in [0.1, 0.15) is 5.75 Å². The molecule has 0 bridgehead atoms. The Morgan fingerprint density at radius 3 is 2.65 bits per heavy atom. The SMILES string of the molecule is CCCC(C)(O)CNS(=O)(=O)c1ccc(N)c(OC)c1. The lowest BCUT2D eigenvalue weighted by Gasteiger charge is -2.23. The van der Waals surface area contributed by atoms with E-state index in [1.165, 1.54) is 25.3 Å². The van der Waals surface area contributed by atoms with Gasteiger partial charge in [-0.1, -0.05) is 13.3 Å². The van der Waals surface area contributed by atoms with Crippen molar-refractivity contribution >= 4 is 15.7 Å². The smallest absolute Gasteiger partial charge is 0.240 e. The number of anilines is 1. The van der Waals surface area contributed by atoms with Crippen LogP contribution in [0.2, 0.25) is 0 Å². The number of sulfonamides is 1. The van der Waals surface area contributed by atoms with Gasteiger partial charge in [0.2, 0.25) is 10.0 Å². The van der Waals surface area contributed by atoms with Crippen LogP contribution in [0.5, 0.6) is 5.75 Å². The lowest BCUT2D eigenvalue weighted by molar-refractivity contribution is 0.0554. The third-order valence-corrected chi connectivity index (χ3v) is 4.35. The Bertz CT molecular complexity index is 555. The number of nitrogen functional groups attached to an aromatic ring is 1. The van der Waals surface area contributed by atoms with Gasteiger partial charge in [0, 0.05) is 12.6 Å². The summed E-state index contributed by atoms with van der Waals surface area (Å²) in [5.74, 6) is 0.299. The molecule has 1 atom stereocenters. The molecule has 0 fully saturated rings. The van der Waals surface area contributed by atoms with E-state index >= 15 is 0 Å². The second-order valence-corrected chi connectivity index (χ2v) is 6.74. The van der Waals surface area contributed by atoms with Crippen molar-refractivity contribution in [3.8, 4) is 5.75 Å². The first-order valence-corrected chi connectivity index (χ1v) is 7.86. The van der Waals surface area contributed by atoms with Gasteiger partial charge in [0.25, 0.3) is 0 Å². The molecule has 4 N–H and O–H groups in total. The number of ether oxygens (including phenoxy) is 1. The van der Waals surface area contributed by atoms with Crippen LogP contribution in [-0.2, 0) is 10.0 Å². The minimum Gasteiger partial charge on any atom is -0.495 e. The van der Waals surface area contributed by atoms with E-state index in [0.717, 1.165) is 6.42 Å².